The first-order chi connectivity index (χ1) is 13.5. The molecule has 0 aliphatic heterocycles. The third-order valence-corrected chi connectivity index (χ3v) is 5.47. The predicted molar refractivity (Wildman–Crippen MR) is 106 cm³/mol. The molecule has 1 saturated carbocycles. The van der Waals surface area contributed by atoms with Crippen LogP contribution in [0, 0.1) is 0 Å². The van der Waals surface area contributed by atoms with Gasteiger partial charge in [0.1, 0.15) is 6.61 Å². The fourth-order valence-corrected chi connectivity index (χ4v) is 4.05. The number of hydrogen-bond donors (Lipinski definition) is 1. The van der Waals surface area contributed by atoms with E-state index in [4.69, 9.17) is 4.74 Å². The maximum absolute atomic E-state index is 12.9. The van der Waals surface area contributed by atoms with Crippen LogP contribution in [-0.2, 0) is 9.53 Å². The zero-order chi connectivity index (χ0) is 19.8. The molecule has 1 amide bonds. The van der Waals surface area contributed by atoms with Gasteiger partial charge >= 0.3 is 12.1 Å². The average molecular weight is 377 g/mol. The van der Waals surface area contributed by atoms with Gasteiger partial charge in [-0.2, -0.15) is 0 Å². The minimum atomic E-state index is -1.08. The van der Waals surface area contributed by atoms with Crippen molar-refractivity contribution in [3.05, 3.63) is 71.8 Å². The van der Waals surface area contributed by atoms with Crippen molar-refractivity contribution >= 4 is 12.1 Å². The molecule has 1 N–H and O–H groups in total. The lowest BCUT2D eigenvalue weighted by Crippen LogP contribution is -2.47. The van der Waals surface area contributed by atoms with Gasteiger partial charge in [-0.25, -0.2) is 9.59 Å². The van der Waals surface area contributed by atoms with Crippen molar-refractivity contribution in [3.63, 3.8) is 0 Å². The quantitative estimate of drug-likeness (QED) is 0.757. The lowest BCUT2D eigenvalue weighted by atomic mass is 9.98. The van der Waals surface area contributed by atoms with Crippen molar-refractivity contribution in [2.75, 3.05) is 6.61 Å². The van der Waals surface area contributed by atoms with E-state index in [1.165, 1.54) is 4.90 Å². The van der Waals surface area contributed by atoms with Crippen molar-refractivity contribution in [1.82, 2.24) is 4.90 Å². The largest absolute Gasteiger partial charge is 0.479 e. The molecule has 2 aliphatic carbocycles. The van der Waals surface area contributed by atoms with Crippen LogP contribution in [0.5, 0.6) is 0 Å². The first-order valence-corrected chi connectivity index (χ1v) is 9.50. The Morgan fingerprint density at radius 3 is 2.11 bits per heavy atom. The molecule has 0 heterocycles. The molecule has 2 aromatic carbocycles. The number of carbonyl (C=O) groups is 2. The summed E-state index contributed by atoms with van der Waals surface area (Å²) in [5.41, 5.74) is 4.99. The van der Waals surface area contributed by atoms with Gasteiger partial charge in [0.15, 0.2) is 6.04 Å². The molecule has 144 valence electrons. The summed E-state index contributed by atoms with van der Waals surface area (Å²) in [7, 11) is 0. The third-order valence-electron chi connectivity index (χ3n) is 5.47. The first-order valence-electron chi connectivity index (χ1n) is 9.50. The summed E-state index contributed by atoms with van der Waals surface area (Å²) >= 11 is 0. The number of rotatable bonds is 6. The number of hydrogen-bond acceptors (Lipinski definition) is 3. The predicted octanol–water partition coefficient (Wildman–Crippen LogP) is 4.43. The van der Waals surface area contributed by atoms with Gasteiger partial charge in [0.05, 0.1) is 0 Å². The molecule has 0 radical (unpaired) electrons. The number of carboxylic acid groups (broad SMARTS) is 1. The molecule has 0 bridgehead atoms. The fourth-order valence-electron chi connectivity index (χ4n) is 4.05. The molecular formula is C23H23NO4. The van der Waals surface area contributed by atoms with Crippen molar-refractivity contribution in [3.8, 4) is 11.1 Å². The van der Waals surface area contributed by atoms with Crippen LogP contribution in [-0.4, -0.2) is 40.8 Å². The lowest BCUT2D eigenvalue weighted by Gasteiger charge is -2.29. The van der Waals surface area contributed by atoms with Crippen molar-refractivity contribution in [2.45, 2.75) is 37.8 Å². The van der Waals surface area contributed by atoms with Crippen LogP contribution < -0.4 is 0 Å². The smallest absolute Gasteiger partial charge is 0.411 e. The van der Waals surface area contributed by atoms with Gasteiger partial charge in [-0.1, -0.05) is 55.1 Å². The van der Waals surface area contributed by atoms with Crippen molar-refractivity contribution in [1.29, 1.82) is 0 Å². The standard InChI is InChI=1S/C23H23NO4/c1-14(2)21(22(25)26)24(15-11-12-15)23(27)28-13-20-18-9-5-3-7-16(18)17-8-4-6-10-19(17)20/h3-10,15,20-21H,1,11-13H2,2H3,(H,25,26). The van der Waals surface area contributed by atoms with E-state index in [1.54, 1.807) is 6.92 Å². The number of carboxylic acids is 1. The van der Waals surface area contributed by atoms with E-state index < -0.39 is 18.1 Å². The number of benzene rings is 2. The zero-order valence-corrected chi connectivity index (χ0v) is 15.8. The molecule has 2 aromatic rings. The number of ether oxygens (including phenoxy) is 1. The molecule has 28 heavy (non-hydrogen) atoms. The third kappa shape index (κ3) is 3.17. The Bertz CT molecular complexity index is 888. The summed E-state index contributed by atoms with van der Waals surface area (Å²) in [5, 5.41) is 9.57. The molecule has 1 atom stereocenters. The lowest BCUT2D eigenvalue weighted by molar-refractivity contribution is -0.141. The molecule has 2 aliphatic rings. The highest BCUT2D eigenvalue weighted by Gasteiger charge is 2.42. The Kier molecular flexibility index (Phi) is 4.67. The van der Waals surface area contributed by atoms with Crippen LogP contribution in [0.2, 0.25) is 0 Å². The summed E-state index contributed by atoms with van der Waals surface area (Å²) in [6.45, 7) is 5.57. The van der Waals surface area contributed by atoms with Gasteiger partial charge in [-0.3, -0.25) is 4.90 Å². The fraction of sp³-hybridized carbons (Fsp3) is 0.304. The maximum Gasteiger partial charge on any atom is 0.411 e. The van der Waals surface area contributed by atoms with Crippen LogP contribution >= 0.6 is 0 Å². The van der Waals surface area contributed by atoms with Crippen molar-refractivity contribution < 1.29 is 19.4 Å². The molecule has 5 nitrogen and oxygen atoms in total. The molecule has 0 aromatic heterocycles. The van der Waals surface area contributed by atoms with E-state index in [0.717, 1.165) is 35.1 Å². The van der Waals surface area contributed by atoms with Crippen LogP contribution in [0.4, 0.5) is 4.79 Å². The molecule has 1 unspecified atom stereocenters. The number of nitrogens with zero attached hydrogens (tertiary/aromatic N) is 1. The molecule has 5 heteroatoms. The second-order valence-electron chi connectivity index (χ2n) is 7.53. The van der Waals surface area contributed by atoms with E-state index >= 15 is 0 Å². The summed E-state index contributed by atoms with van der Waals surface area (Å²) in [4.78, 5) is 25.9. The Balaban J connectivity index is 1.56. The van der Waals surface area contributed by atoms with Crippen molar-refractivity contribution in [2.24, 2.45) is 0 Å². The first kappa shape index (κ1) is 18.3. The highest BCUT2D eigenvalue weighted by atomic mass is 16.6. The Hall–Kier alpha value is -3.08. The van der Waals surface area contributed by atoms with E-state index in [-0.39, 0.29) is 18.6 Å². The van der Waals surface area contributed by atoms with E-state index in [0.29, 0.717) is 5.57 Å². The van der Waals surface area contributed by atoms with E-state index in [9.17, 15) is 14.7 Å². The van der Waals surface area contributed by atoms with Gasteiger partial charge in [0.2, 0.25) is 0 Å². The zero-order valence-electron chi connectivity index (χ0n) is 15.8. The Morgan fingerprint density at radius 2 is 1.64 bits per heavy atom. The number of fused-ring (bicyclic) bond motifs is 3. The highest BCUT2D eigenvalue weighted by molar-refractivity contribution is 5.84. The minimum Gasteiger partial charge on any atom is -0.479 e. The molecular weight excluding hydrogens is 354 g/mol. The van der Waals surface area contributed by atoms with E-state index in [2.05, 4.69) is 30.8 Å². The van der Waals surface area contributed by atoms with Gasteiger partial charge < -0.3 is 9.84 Å². The number of aliphatic carboxylic acids is 1. The van der Waals surface area contributed by atoms with Gasteiger partial charge in [0, 0.05) is 12.0 Å². The molecule has 1 fully saturated rings. The van der Waals surface area contributed by atoms with Gasteiger partial charge in [0.25, 0.3) is 0 Å². The minimum absolute atomic E-state index is 0.0505. The van der Waals surface area contributed by atoms with Crippen LogP contribution in [0.15, 0.2) is 60.7 Å². The monoisotopic (exact) mass is 377 g/mol. The van der Waals surface area contributed by atoms with Crippen LogP contribution in [0.3, 0.4) is 0 Å². The van der Waals surface area contributed by atoms with Crippen LogP contribution in [0.25, 0.3) is 11.1 Å². The summed E-state index contributed by atoms with van der Waals surface area (Å²) in [5.74, 6) is -1.13. The Labute approximate surface area is 164 Å². The second-order valence-corrected chi connectivity index (χ2v) is 7.53. The number of amides is 1. The van der Waals surface area contributed by atoms with E-state index in [1.807, 2.05) is 24.3 Å². The summed E-state index contributed by atoms with van der Waals surface area (Å²) in [6, 6.07) is 15.1. The number of carbonyl (C=O) groups excluding carboxylic acids is 1. The van der Waals surface area contributed by atoms with Gasteiger partial charge in [-0.15, -0.1) is 0 Å². The topological polar surface area (TPSA) is 66.8 Å². The normalized spacial score (nSPS) is 16.0. The maximum atomic E-state index is 12.9. The van der Waals surface area contributed by atoms with Crippen LogP contribution in [0.1, 0.15) is 36.8 Å². The molecule has 4 rings (SSSR count). The summed E-state index contributed by atoms with van der Waals surface area (Å²) in [6.07, 6.45) is 1.00. The summed E-state index contributed by atoms with van der Waals surface area (Å²) < 4.78 is 5.67. The average Bonchev–Trinajstić information content (AvgIpc) is 3.46. The molecule has 0 saturated heterocycles. The molecule has 0 spiro atoms. The van der Waals surface area contributed by atoms with Gasteiger partial charge in [-0.05, 0) is 47.6 Å². The Morgan fingerprint density at radius 1 is 1.11 bits per heavy atom. The second kappa shape index (κ2) is 7.15. The SMILES string of the molecule is C=C(C)C(C(=O)O)N(C(=O)OCC1c2ccccc2-c2ccccc21)C1CC1. The highest BCUT2D eigenvalue weighted by Crippen LogP contribution is 2.44.